The van der Waals surface area contributed by atoms with E-state index in [0.29, 0.717) is 18.0 Å². The average Bonchev–Trinajstić information content (AvgIpc) is 2.57. The fourth-order valence-electron chi connectivity index (χ4n) is 2.92. The molecule has 5 nitrogen and oxygen atoms in total. The van der Waals surface area contributed by atoms with Crippen LogP contribution in [-0.4, -0.2) is 9.13 Å². The summed E-state index contributed by atoms with van der Waals surface area (Å²) in [6, 6.07) is 8.75. The van der Waals surface area contributed by atoms with Crippen molar-refractivity contribution in [3.8, 4) is 0 Å². The number of benzene rings is 1. The van der Waals surface area contributed by atoms with Gasteiger partial charge in [0.1, 0.15) is 0 Å². The highest BCUT2D eigenvalue weighted by Crippen LogP contribution is 2.22. The van der Waals surface area contributed by atoms with Crippen LogP contribution in [0.1, 0.15) is 43.5 Å². The first-order valence-corrected chi connectivity index (χ1v) is 8.42. The number of rotatable bonds is 6. The second kappa shape index (κ2) is 7.62. The minimum atomic E-state index is -0.306. The molecule has 1 atom stereocenters. The van der Waals surface area contributed by atoms with Crippen molar-refractivity contribution in [1.82, 2.24) is 14.5 Å². The summed E-state index contributed by atoms with van der Waals surface area (Å²) >= 11 is 0. The summed E-state index contributed by atoms with van der Waals surface area (Å²) in [5, 5.41) is 3.48. The van der Waals surface area contributed by atoms with Crippen LogP contribution >= 0.6 is 0 Å². The maximum atomic E-state index is 12.3. The molecule has 0 saturated heterocycles. The lowest BCUT2D eigenvalue weighted by molar-refractivity contribution is 0.408. The number of nitrogens with zero attached hydrogens (tertiary/aromatic N) is 2. The highest BCUT2D eigenvalue weighted by Gasteiger charge is 2.16. The number of hydrogen-bond donors (Lipinski definition) is 1. The highest BCUT2D eigenvalue weighted by molar-refractivity contribution is 5.25. The standard InChI is InChI=1S/C19H27N3O2/c1-6-14-7-9-15(10-8-14)17(13(2)3)20-11-16-12-21(4)19(24)22(5)18(16)23/h7-10,12-13,17,20H,6,11H2,1-5H3. The molecule has 0 aliphatic heterocycles. The minimum Gasteiger partial charge on any atom is -0.305 e. The van der Waals surface area contributed by atoms with Crippen LogP contribution < -0.4 is 16.6 Å². The molecule has 0 saturated carbocycles. The van der Waals surface area contributed by atoms with E-state index in [1.165, 1.54) is 22.7 Å². The monoisotopic (exact) mass is 329 g/mol. The Kier molecular flexibility index (Phi) is 5.78. The topological polar surface area (TPSA) is 56.0 Å². The summed E-state index contributed by atoms with van der Waals surface area (Å²) in [6.07, 6.45) is 2.64. The van der Waals surface area contributed by atoms with Crippen molar-refractivity contribution < 1.29 is 0 Å². The molecule has 0 aliphatic rings. The zero-order chi connectivity index (χ0) is 17.9. The largest absolute Gasteiger partial charge is 0.330 e. The number of aromatic nitrogens is 2. The molecule has 1 unspecified atom stereocenters. The van der Waals surface area contributed by atoms with Gasteiger partial charge in [0.25, 0.3) is 5.56 Å². The summed E-state index contributed by atoms with van der Waals surface area (Å²) in [5.74, 6) is 0.383. The summed E-state index contributed by atoms with van der Waals surface area (Å²) in [7, 11) is 3.17. The van der Waals surface area contributed by atoms with Gasteiger partial charge in [0.15, 0.2) is 0 Å². The smallest absolute Gasteiger partial charge is 0.305 e. The van der Waals surface area contributed by atoms with Crippen molar-refractivity contribution in [2.75, 3.05) is 0 Å². The third-order valence-electron chi connectivity index (χ3n) is 4.44. The third-order valence-corrected chi connectivity index (χ3v) is 4.44. The molecular weight excluding hydrogens is 302 g/mol. The van der Waals surface area contributed by atoms with E-state index in [9.17, 15) is 9.59 Å². The Bertz CT molecular complexity index is 801. The van der Waals surface area contributed by atoms with Crippen LogP contribution in [-0.2, 0) is 27.1 Å². The van der Waals surface area contributed by atoms with Crippen molar-refractivity contribution in [2.24, 2.45) is 20.0 Å². The number of nitrogens with one attached hydrogen (secondary N) is 1. The quantitative estimate of drug-likeness (QED) is 0.883. The Morgan fingerprint density at radius 3 is 2.25 bits per heavy atom. The average molecular weight is 329 g/mol. The Hall–Kier alpha value is -2.14. The number of hydrogen-bond acceptors (Lipinski definition) is 3. The van der Waals surface area contributed by atoms with Crippen LogP contribution in [0.2, 0.25) is 0 Å². The van der Waals surface area contributed by atoms with Crippen LogP contribution in [0, 0.1) is 5.92 Å². The first-order valence-electron chi connectivity index (χ1n) is 8.42. The van der Waals surface area contributed by atoms with Crippen molar-refractivity contribution in [2.45, 2.75) is 39.8 Å². The van der Waals surface area contributed by atoms with E-state index in [2.05, 4.69) is 50.4 Å². The van der Waals surface area contributed by atoms with Crippen LogP contribution in [0.3, 0.4) is 0 Å². The second-order valence-corrected chi connectivity index (χ2v) is 6.61. The SMILES string of the molecule is CCc1ccc(C(NCc2cn(C)c(=O)n(C)c2=O)C(C)C)cc1. The second-order valence-electron chi connectivity index (χ2n) is 6.61. The van der Waals surface area contributed by atoms with Crippen LogP contribution in [0.15, 0.2) is 40.1 Å². The van der Waals surface area contributed by atoms with E-state index in [1.807, 2.05) is 0 Å². The fraction of sp³-hybridized carbons (Fsp3) is 0.474. The molecule has 0 fully saturated rings. The van der Waals surface area contributed by atoms with Crippen molar-refractivity contribution >= 4 is 0 Å². The van der Waals surface area contributed by atoms with Gasteiger partial charge in [-0.15, -0.1) is 0 Å². The maximum absolute atomic E-state index is 12.3. The van der Waals surface area contributed by atoms with E-state index >= 15 is 0 Å². The summed E-state index contributed by atoms with van der Waals surface area (Å²) < 4.78 is 2.59. The molecule has 1 N–H and O–H groups in total. The molecule has 2 aromatic rings. The Labute approximate surface area is 143 Å². The summed E-state index contributed by atoms with van der Waals surface area (Å²) in [4.78, 5) is 24.0. The van der Waals surface area contributed by atoms with Crippen LogP contribution in [0.5, 0.6) is 0 Å². The van der Waals surface area contributed by atoms with Crippen molar-refractivity contribution in [3.63, 3.8) is 0 Å². The fourth-order valence-corrected chi connectivity index (χ4v) is 2.92. The summed E-state index contributed by atoms with van der Waals surface area (Å²) in [6.45, 7) is 6.89. The molecule has 5 heteroatoms. The van der Waals surface area contributed by atoms with E-state index in [4.69, 9.17) is 0 Å². The van der Waals surface area contributed by atoms with Crippen LogP contribution in [0.4, 0.5) is 0 Å². The Morgan fingerprint density at radius 2 is 1.71 bits per heavy atom. The van der Waals surface area contributed by atoms with Gasteiger partial charge in [-0.25, -0.2) is 4.79 Å². The summed E-state index contributed by atoms with van der Waals surface area (Å²) in [5.41, 5.74) is 2.57. The van der Waals surface area contributed by atoms with Gasteiger partial charge < -0.3 is 9.88 Å². The van der Waals surface area contributed by atoms with E-state index in [0.717, 1.165) is 11.0 Å². The van der Waals surface area contributed by atoms with E-state index < -0.39 is 0 Å². The van der Waals surface area contributed by atoms with E-state index in [-0.39, 0.29) is 17.3 Å². The lowest BCUT2D eigenvalue weighted by Gasteiger charge is -2.23. The normalized spacial score (nSPS) is 12.6. The molecule has 130 valence electrons. The Morgan fingerprint density at radius 1 is 1.08 bits per heavy atom. The zero-order valence-corrected chi connectivity index (χ0v) is 15.2. The van der Waals surface area contributed by atoms with Crippen molar-refractivity contribution in [3.05, 3.63) is 68.0 Å². The molecule has 0 amide bonds. The van der Waals surface area contributed by atoms with Gasteiger partial charge in [0, 0.05) is 38.4 Å². The van der Waals surface area contributed by atoms with E-state index in [1.54, 1.807) is 13.2 Å². The Balaban J connectivity index is 2.23. The molecule has 2 rings (SSSR count). The molecule has 1 heterocycles. The molecule has 0 radical (unpaired) electrons. The third kappa shape index (κ3) is 3.85. The lowest BCUT2D eigenvalue weighted by atomic mass is 9.94. The zero-order valence-electron chi connectivity index (χ0n) is 15.2. The molecule has 1 aromatic heterocycles. The molecular formula is C19H27N3O2. The predicted molar refractivity (Wildman–Crippen MR) is 97.2 cm³/mol. The van der Waals surface area contributed by atoms with Crippen LogP contribution in [0.25, 0.3) is 0 Å². The molecule has 0 bridgehead atoms. The van der Waals surface area contributed by atoms with Gasteiger partial charge in [0.05, 0.1) is 0 Å². The molecule has 0 spiro atoms. The van der Waals surface area contributed by atoms with Gasteiger partial charge in [-0.1, -0.05) is 45.0 Å². The molecule has 24 heavy (non-hydrogen) atoms. The van der Waals surface area contributed by atoms with Gasteiger partial charge in [-0.3, -0.25) is 9.36 Å². The lowest BCUT2D eigenvalue weighted by Crippen LogP contribution is -2.40. The first kappa shape index (κ1) is 18.2. The predicted octanol–water partition coefficient (Wildman–Crippen LogP) is 2.13. The molecule has 0 aliphatic carbocycles. The van der Waals surface area contributed by atoms with Gasteiger partial charge in [0.2, 0.25) is 0 Å². The van der Waals surface area contributed by atoms with Gasteiger partial charge >= 0.3 is 5.69 Å². The van der Waals surface area contributed by atoms with Gasteiger partial charge in [-0.05, 0) is 23.5 Å². The highest BCUT2D eigenvalue weighted by atomic mass is 16.2. The van der Waals surface area contributed by atoms with Crippen molar-refractivity contribution in [1.29, 1.82) is 0 Å². The maximum Gasteiger partial charge on any atom is 0.330 e. The molecule has 1 aromatic carbocycles. The first-order chi connectivity index (χ1) is 11.3. The van der Waals surface area contributed by atoms with Gasteiger partial charge in [-0.2, -0.15) is 0 Å². The number of aryl methyl sites for hydroxylation is 2. The minimum absolute atomic E-state index is 0.151.